The van der Waals surface area contributed by atoms with E-state index in [4.69, 9.17) is 0 Å². The summed E-state index contributed by atoms with van der Waals surface area (Å²) in [6.07, 6.45) is 0. The third kappa shape index (κ3) is 2.59. The number of fused-ring (bicyclic) bond motifs is 2. The molecule has 0 saturated carbocycles. The molecular weight excluding hydrogens is 341 g/mol. The summed E-state index contributed by atoms with van der Waals surface area (Å²) in [6.45, 7) is 2.45. The molecule has 0 radical (unpaired) electrons. The molecule has 0 fully saturated rings. The molecule has 0 bridgehead atoms. The summed E-state index contributed by atoms with van der Waals surface area (Å²) in [5.41, 5.74) is 7.33. The zero-order chi connectivity index (χ0) is 18.5. The molecule has 3 aromatic carbocycles. The molecule has 5 heteroatoms. The molecule has 4 nitrogen and oxygen atoms in total. The van der Waals surface area contributed by atoms with Gasteiger partial charge >= 0.3 is 0 Å². The molecule has 0 unspecified atom stereocenters. The molecule has 1 aliphatic heterocycles. The number of carbonyl (C=O) groups excluding carboxylic acids is 1. The molecule has 2 N–H and O–H groups in total. The van der Waals surface area contributed by atoms with Crippen LogP contribution >= 0.6 is 0 Å². The van der Waals surface area contributed by atoms with Crippen molar-refractivity contribution in [1.82, 2.24) is 15.3 Å². The van der Waals surface area contributed by atoms with Crippen LogP contribution in [0.1, 0.15) is 21.7 Å². The van der Waals surface area contributed by atoms with Gasteiger partial charge in [0, 0.05) is 12.1 Å². The van der Waals surface area contributed by atoms with E-state index in [0.29, 0.717) is 12.1 Å². The van der Waals surface area contributed by atoms with Crippen LogP contribution in [0.4, 0.5) is 4.39 Å². The van der Waals surface area contributed by atoms with E-state index in [2.05, 4.69) is 27.4 Å². The van der Waals surface area contributed by atoms with Crippen molar-refractivity contribution in [2.45, 2.75) is 13.5 Å². The van der Waals surface area contributed by atoms with Crippen molar-refractivity contribution >= 4 is 16.9 Å². The lowest BCUT2D eigenvalue weighted by Crippen LogP contribution is -2.12. The number of amides is 1. The van der Waals surface area contributed by atoms with Crippen molar-refractivity contribution in [3.63, 3.8) is 0 Å². The summed E-state index contributed by atoms with van der Waals surface area (Å²) in [4.78, 5) is 19.9. The maximum Gasteiger partial charge on any atom is 0.251 e. The minimum Gasteiger partial charge on any atom is -0.348 e. The lowest BCUT2D eigenvalue weighted by Gasteiger charge is -2.13. The number of aryl methyl sites for hydroxylation is 1. The Bertz CT molecular complexity index is 1210. The monoisotopic (exact) mass is 357 g/mol. The summed E-state index contributed by atoms with van der Waals surface area (Å²) in [7, 11) is 0. The first-order valence-corrected chi connectivity index (χ1v) is 8.76. The van der Waals surface area contributed by atoms with Gasteiger partial charge in [0.15, 0.2) is 0 Å². The molecule has 1 aromatic heterocycles. The van der Waals surface area contributed by atoms with Crippen molar-refractivity contribution in [3.05, 3.63) is 77.4 Å². The van der Waals surface area contributed by atoms with Crippen molar-refractivity contribution in [3.8, 4) is 22.3 Å². The number of carbonyl (C=O) groups is 1. The van der Waals surface area contributed by atoms with Gasteiger partial charge in [-0.2, -0.15) is 0 Å². The van der Waals surface area contributed by atoms with Gasteiger partial charge in [-0.25, -0.2) is 9.37 Å². The quantitative estimate of drug-likeness (QED) is 0.551. The fourth-order valence-corrected chi connectivity index (χ4v) is 3.68. The van der Waals surface area contributed by atoms with E-state index in [9.17, 15) is 9.18 Å². The molecule has 27 heavy (non-hydrogen) atoms. The lowest BCUT2D eigenvalue weighted by atomic mass is 9.90. The van der Waals surface area contributed by atoms with Crippen LogP contribution < -0.4 is 5.32 Å². The van der Waals surface area contributed by atoms with Gasteiger partial charge in [-0.05, 0) is 71.1 Å². The lowest BCUT2D eigenvalue weighted by molar-refractivity contribution is 0.0966. The van der Waals surface area contributed by atoms with Crippen LogP contribution in [-0.2, 0) is 6.54 Å². The number of imidazole rings is 1. The van der Waals surface area contributed by atoms with Crippen LogP contribution in [0.3, 0.4) is 0 Å². The zero-order valence-electron chi connectivity index (χ0n) is 14.6. The topological polar surface area (TPSA) is 57.8 Å². The average molecular weight is 357 g/mol. The third-order valence-corrected chi connectivity index (χ3v) is 4.99. The summed E-state index contributed by atoms with van der Waals surface area (Å²) < 4.78 is 13.4. The van der Waals surface area contributed by atoms with E-state index in [0.717, 1.165) is 44.7 Å². The predicted octanol–water partition coefficient (Wildman–Crippen LogP) is 4.59. The SMILES string of the molecule is Cc1nc2ccc(-c3cc4c(cc3-c3ccc(F)cc3)C(=O)NC4)cc2[nH]1. The maximum atomic E-state index is 13.4. The molecule has 0 atom stereocenters. The fourth-order valence-electron chi connectivity index (χ4n) is 3.68. The highest BCUT2D eigenvalue weighted by Crippen LogP contribution is 2.37. The van der Waals surface area contributed by atoms with E-state index in [-0.39, 0.29) is 11.7 Å². The minimum absolute atomic E-state index is 0.0699. The average Bonchev–Trinajstić information content (AvgIpc) is 3.22. The Morgan fingerprint density at radius 1 is 0.926 bits per heavy atom. The molecule has 0 saturated heterocycles. The molecule has 0 spiro atoms. The predicted molar refractivity (Wildman–Crippen MR) is 103 cm³/mol. The number of benzene rings is 3. The Morgan fingerprint density at radius 3 is 2.48 bits per heavy atom. The van der Waals surface area contributed by atoms with Crippen LogP contribution in [0.25, 0.3) is 33.3 Å². The Morgan fingerprint density at radius 2 is 1.67 bits per heavy atom. The van der Waals surface area contributed by atoms with Gasteiger partial charge in [0.05, 0.1) is 11.0 Å². The van der Waals surface area contributed by atoms with Crippen molar-refractivity contribution in [2.24, 2.45) is 0 Å². The number of rotatable bonds is 2. The second-order valence-electron chi connectivity index (χ2n) is 6.80. The number of halogens is 1. The molecule has 1 amide bonds. The van der Waals surface area contributed by atoms with Crippen LogP contribution in [0.15, 0.2) is 54.6 Å². The minimum atomic E-state index is -0.284. The van der Waals surface area contributed by atoms with Gasteiger partial charge in [0.1, 0.15) is 11.6 Å². The summed E-state index contributed by atoms with van der Waals surface area (Å²) in [5.74, 6) is 0.512. The van der Waals surface area contributed by atoms with Gasteiger partial charge in [0.2, 0.25) is 0 Å². The normalized spacial score (nSPS) is 13.0. The Balaban J connectivity index is 1.76. The number of nitrogens with zero attached hydrogens (tertiary/aromatic N) is 1. The molecule has 5 rings (SSSR count). The van der Waals surface area contributed by atoms with E-state index >= 15 is 0 Å². The largest absolute Gasteiger partial charge is 0.348 e. The van der Waals surface area contributed by atoms with E-state index in [1.807, 2.05) is 25.1 Å². The number of aromatic amines is 1. The van der Waals surface area contributed by atoms with Crippen molar-refractivity contribution < 1.29 is 9.18 Å². The fraction of sp³-hybridized carbons (Fsp3) is 0.0909. The van der Waals surface area contributed by atoms with Crippen LogP contribution in [0, 0.1) is 12.7 Å². The molecule has 132 valence electrons. The first-order chi connectivity index (χ1) is 13.1. The summed E-state index contributed by atoms with van der Waals surface area (Å²) in [5, 5.41) is 2.87. The van der Waals surface area contributed by atoms with Crippen molar-refractivity contribution in [2.75, 3.05) is 0 Å². The summed E-state index contributed by atoms with van der Waals surface area (Å²) >= 11 is 0. The number of hydrogen-bond donors (Lipinski definition) is 2. The second kappa shape index (κ2) is 5.77. The highest BCUT2D eigenvalue weighted by molar-refractivity contribution is 6.02. The van der Waals surface area contributed by atoms with E-state index in [1.54, 1.807) is 12.1 Å². The van der Waals surface area contributed by atoms with Crippen LogP contribution in [0.2, 0.25) is 0 Å². The van der Waals surface area contributed by atoms with Crippen LogP contribution in [0.5, 0.6) is 0 Å². The van der Waals surface area contributed by atoms with Gasteiger partial charge < -0.3 is 10.3 Å². The maximum absolute atomic E-state index is 13.4. The van der Waals surface area contributed by atoms with E-state index in [1.165, 1.54) is 12.1 Å². The van der Waals surface area contributed by atoms with Crippen molar-refractivity contribution in [1.29, 1.82) is 0 Å². The second-order valence-corrected chi connectivity index (χ2v) is 6.80. The standard InChI is InChI=1S/C22H16FN3O/c1-12-25-20-7-4-14(9-21(20)26-12)17-8-15-11-24-22(27)19(15)10-18(17)13-2-5-16(23)6-3-13/h2-10H,11H2,1H3,(H,24,27)(H,25,26). The van der Waals surface area contributed by atoms with Crippen LogP contribution in [-0.4, -0.2) is 15.9 Å². The smallest absolute Gasteiger partial charge is 0.251 e. The number of hydrogen-bond acceptors (Lipinski definition) is 2. The van der Waals surface area contributed by atoms with Gasteiger partial charge in [-0.15, -0.1) is 0 Å². The Hall–Kier alpha value is -3.47. The van der Waals surface area contributed by atoms with Gasteiger partial charge in [-0.1, -0.05) is 18.2 Å². The molecule has 0 aliphatic carbocycles. The third-order valence-electron chi connectivity index (χ3n) is 4.99. The highest BCUT2D eigenvalue weighted by atomic mass is 19.1. The van der Waals surface area contributed by atoms with E-state index < -0.39 is 0 Å². The highest BCUT2D eigenvalue weighted by Gasteiger charge is 2.22. The number of nitrogens with one attached hydrogen (secondary N) is 2. The van der Waals surface area contributed by atoms with Gasteiger partial charge in [-0.3, -0.25) is 4.79 Å². The molecule has 4 aromatic rings. The first-order valence-electron chi connectivity index (χ1n) is 8.76. The zero-order valence-corrected chi connectivity index (χ0v) is 14.6. The Labute approximate surface area is 155 Å². The summed E-state index contributed by atoms with van der Waals surface area (Å²) in [6, 6.07) is 16.4. The molecule has 1 aliphatic rings. The molecular formula is C22H16FN3O. The first kappa shape index (κ1) is 15.8. The Kier molecular flexibility index (Phi) is 3.37. The molecule has 2 heterocycles. The number of H-pyrrole nitrogens is 1. The number of aromatic nitrogens is 2. The van der Waals surface area contributed by atoms with Gasteiger partial charge in [0.25, 0.3) is 5.91 Å².